The third kappa shape index (κ3) is 16.3. The van der Waals surface area contributed by atoms with Crippen LogP contribution in [0.1, 0.15) is 20.7 Å². The van der Waals surface area contributed by atoms with Crippen molar-refractivity contribution < 1.29 is 48.5 Å². The third-order valence-electron chi connectivity index (χ3n) is 4.48. The van der Waals surface area contributed by atoms with E-state index in [9.17, 15) is 19.8 Å². The topological polar surface area (TPSA) is 139 Å². The summed E-state index contributed by atoms with van der Waals surface area (Å²) in [5.74, 6) is -2.78. The lowest BCUT2D eigenvalue weighted by molar-refractivity contribution is -0.870. The Hall–Kier alpha value is -2.02. The molecular weight excluding hydrogens is 610 g/mol. The van der Waals surface area contributed by atoms with Gasteiger partial charge in [0, 0.05) is 0 Å². The number of hydrogen-bond acceptors (Lipinski definition) is 8. The Bertz CT molecular complexity index is 1000. The smallest absolute Gasteiger partial charge is 0.147 e. The summed E-state index contributed by atoms with van der Waals surface area (Å²) in [6, 6.07) is 5.65. The number of ether oxygens (including phenoxy) is 2. The first kappa shape index (κ1) is 40.1. The second kappa shape index (κ2) is 19.2. The number of benzene rings is 2. The standard InChI is InChI=1S/2C8H6Cl2O3.2C5H14NO/c2*1-13-7-5(10)3-2-4(9)6(7)8(11)12;2*1-6(2,3)4-5-7/h2*2-3H,1H3,(H,11,12);2*7H,4-5H2,1-3H3/q;;2*+1/p-2. The number of carbonyl (C=O) groups is 2. The number of rotatable bonds is 8. The summed E-state index contributed by atoms with van der Waals surface area (Å²) < 4.78 is 11.2. The number of aliphatic hydroxyl groups is 2. The second-order valence-electron chi connectivity index (χ2n) is 9.92. The number of quaternary nitrogens is 2. The number of nitrogens with zero attached hydrogens (tertiary/aromatic N) is 2. The summed E-state index contributed by atoms with van der Waals surface area (Å²) in [4.78, 5) is 21.2. The van der Waals surface area contributed by atoms with E-state index in [2.05, 4.69) is 42.3 Å². The van der Waals surface area contributed by atoms with Gasteiger partial charge in [-0.15, -0.1) is 0 Å². The lowest BCUT2D eigenvalue weighted by Gasteiger charge is -2.21. The molecule has 40 heavy (non-hydrogen) atoms. The summed E-state index contributed by atoms with van der Waals surface area (Å²) in [6.45, 7) is 2.23. The van der Waals surface area contributed by atoms with Gasteiger partial charge in [-0.2, -0.15) is 0 Å². The van der Waals surface area contributed by atoms with Crippen LogP contribution in [0.3, 0.4) is 0 Å². The molecular formula is C26H38Cl4N2O8. The van der Waals surface area contributed by atoms with Crippen molar-refractivity contribution in [3.05, 3.63) is 55.5 Å². The van der Waals surface area contributed by atoms with Crippen molar-refractivity contribution in [1.29, 1.82) is 0 Å². The number of hydrogen-bond donors (Lipinski definition) is 2. The molecule has 14 heteroatoms. The molecule has 0 heterocycles. The van der Waals surface area contributed by atoms with Crippen LogP contribution in [0, 0.1) is 0 Å². The zero-order chi connectivity index (χ0) is 31.8. The van der Waals surface area contributed by atoms with Crippen LogP contribution < -0.4 is 19.7 Å². The van der Waals surface area contributed by atoms with E-state index >= 15 is 0 Å². The van der Waals surface area contributed by atoms with Gasteiger partial charge in [0.05, 0.1) is 113 Å². The molecule has 0 saturated heterocycles. The minimum Gasteiger partial charge on any atom is -0.545 e. The molecule has 2 N–H and O–H groups in total. The van der Waals surface area contributed by atoms with Crippen LogP contribution in [-0.2, 0) is 0 Å². The fourth-order valence-electron chi connectivity index (χ4n) is 2.45. The number of methoxy groups -OCH3 is 2. The summed E-state index contributed by atoms with van der Waals surface area (Å²) in [5.41, 5.74) is -0.451. The van der Waals surface area contributed by atoms with Crippen molar-refractivity contribution in [2.75, 3.05) is 82.8 Å². The van der Waals surface area contributed by atoms with Crippen LogP contribution in [0.25, 0.3) is 0 Å². The van der Waals surface area contributed by atoms with Gasteiger partial charge >= 0.3 is 0 Å². The van der Waals surface area contributed by atoms with Gasteiger partial charge in [-0.3, -0.25) is 0 Å². The molecule has 0 aliphatic carbocycles. The van der Waals surface area contributed by atoms with Crippen molar-refractivity contribution in [2.24, 2.45) is 0 Å². The number of likely N-dealkylation sites (N-methyl/N-ethyl adjacent to an activating group) is 2. The van der Waals surface area contributed by atoms with E-state index < -0.39 is 11.9 Å². The van der Waals surface area contributed by atoms with Crippen LogP contribution in [0.2, 0.25) is 20.1 Å². The highest BCUT2D eigenvalue weighted by Crippen LogP contribution is 2.34. The van der Waals surface area contributed by atoms with Gasteiger partial charge in [-0.25, -0.2) is 0 Å². The maximum atomic E-state index is 10.6. The minimum atomic E-state index is -1.41. The van der Waals surface area contributed by atoms with E-state index in [1.165, 1.54) is 38.5 Å². The number of aromatic carboxylic acids is 2. The molecule has 228 valence electrons. The molecule has 0 bridgehead atoms. The SMILES string of the molecule is COc1c(Cl)ccc(Cl)c1C(=O)[O-].COc1c(Cl)ccc(Cl)c1C(=O)[O-].C[N+](C)(C)CCO.C[N+](C)(C)CCO. The molecule has 0 spiro atoms. The van der Waals surface area contributed by atoms with Crippen molar-refractivity contribution in [2.45, 2.75) is 0 Å². The third-order valence-corrected chi connectivity index (χ3v) is 5.70. The van der Waals surface area contributed by atoms with Gasteiger partial charge in [0.1, 0.15) is 24.6 Å². The van der Waals surface area contributed by atoms with Crippen LogP contribution in [0.4, 0.5) is 0 Å². The van der Waals surface area contributed by atoms with Gasteiger partial charge in [-0.1, -0.05) is 46.4 Å². The van der Waals surface area contributed by atoms with Crippen LogP contribution in [0.5, 0.6) is 11.5 Å². The molecule has 2 aromatic rings. The average molecular weight is 648 g/mol. The first-order valence-electron chi connectivity index (χ1n) is 11.6. The molecule has 2 rings (SSSR count). The number of carboxylic acid groups (broad SMARTS) is 2. The molecule has 0 aliphatic heterocycles. The van der Waals surface area contributed by atoms with Crippen LogP contribution in [-0.4, -0.2) is 114 Å². The van der Waals surface area contributed by atoms with Gasteiger partial charge in [-0.05, 0) is 24.3 Å². The van der Waals surface area contributed by atoms with Gasteiger partial charge in [0.15, 0.2) is 0 Å². The lowest BCUT2D eigenvalue weighted by Crippen LogP contribution is -2.36. The number of halogens is 4. The Morgan fingerprint density at radius 1 is 0.650 bits per heavy atom. The van der Waals surface area contributed by atoms with E-state index in [1.807, 2.05) is 0 Å². The largest absolute Gasteiger partial charge is 0.545 e. The van der Waals surface area contributed by atoms with E-state index in [1.54, 1.807) is 0 Å². The molecule has 0 fully saturated rings. The predicted molar refractivity (Wildman–Crippen MR) is 155 cm³/mol. The number of carboxylic acids is 2. The molecule has 0 radical (unpaired) electrons. The normalized spacial score (nSPS) is 10.6. The summed E-state index contributed by atoms with van der Waals surface area (Å²) in [7, 11) is 14.9. The Morgan fingerprint density at radius 3 is 1.02 bits per heavy atom. The fourth-order valence-corrected chi connectivity index (χ4v) is 3.37. The highest BCUT2D eigenvalue weighted by molar-refractivity contribution is 6.37. The zero-order valence-corrected chi connectivity index (χ0v) is 26.9. The maximum Gasteiger partial charge on any atom is 0.147 e. The Kier molecular flexibility index (Phi) is 19.2. The van der Waals surface area contributed by atoms with E-state index in [-0.39, 0.29) is 55.9 Å². The van der Waals surface area contributed by atoms with Crippen LogP contribution in [0.15, 0.2) is 24.3 Å². The van der Waals surface area contributed by atoms with Crippen molar-refractivity contribution in [3.8, 4) is 11.5 Å². The second-order valence-corrected chi connectivity index (χ2v) is 11.6. The van der Waals surface area contributed by atoms with Gasteiger partial charge in [0.2, 0.25) is 0 Å². The van der Waals surface area contributed by atoms with Crippen LogP contribution >= 0.6 is 46.4 Å². The predicted octanol–water partition coefficient (Wildman–Crippen LogP) is 2.10. The molecule has 0 saturated carbocycles. The fraction of sp³-hybridized carbons (Fsp3) is 0.462. The number of aliphatic hydroxyl groups excluding tert-OH is 2. The zero-order valence-electron chi connectivity index (χ0n) is 23.9. The highest BCUT2D eigenvalue weighted by Gasteiger charge is 2.13. The van der Waals surface area contributed by atoms with Crippen molar-refractivity contribution in [1.82, 2.24) is 0 Å². The Morgan fingerprint density at radius 2 is 0.900 bits per heavy atom. The Labute approximate surface area is 255 Å². The van der Waals surface area contributed by atoms with Crippen molar-refractivity contribution in [3.63, 3.8) is 0 Å². The maximum absolute atomic E-state index is 10.6. The monoisotopic (exact) mass is 646 g/mol. The van der Waals surface area contributed by atoms with Crippen molar-refractivity contribution >= 4 is 58.3 Å². The molecule has 0 aliphatic rings. The minimum absolute atomic E-state index is 0.0224. The summed E-state index contributed by atoms with van der Waals surface area (Å²) in [5, 5.41) is 38.5. The summed E-state index contributed by atoms with van der Waals surface area (Å²) >= 11 is 22.6. The molecule has 2 aromatic carbocycles. The van der Waals surface area contributed by atoms with E-state index in [0.717, 1.165) is 22.1 Å². The van der Waals surface area contributed by atoms with Gasteiger partial charge < -0.3 is 48.5 Å². The van der Waals surface area contributed by atoms with E-state index in [4.69, 9.17) is 66.1 Å². The quantitative estimate of drug-likeness (QED) is 0.416. The van der Waals surface area contributed by atoms with Gasteiger partial charge in [0.25, 0.3) is 0 Å². The summed E-state index contributed by atoms with van der Waals surface area (Å²) in [6.07, 6.45) is 0. The lowest BCUT2D eigenvalue weighted by atomic mass is 10.2. The first-order chi connectivity index (χ1) is 18.3. The van der Waals surface area contributed by atoms with E-state index in [0.29, 0.717) is 0 Å². The average Bonchev–Trinajstić information content (AvgIpc) is 2.80. The molecule has 0 atom stereocenters. The molecule has 10 nitrogen and oxygen atoms in total. The molecule has 0 unspecified atom stereocenters. The molecule has 0 aromatic heterocycles. The Balaban J connectivity index is 0. The number of carbonyl (C=O) groups excluding carboxylic acids is 2. The highest BCUT2D eigenvalue weighted by atomic mass is 35.5. The first-order valence-corrected chi connectivity index (χ1v) is 13.1. The molecule has 0 amide bonds.